The second-order valence-corrected chi connectivity index (χ2v) is 5.94. The third-order valence-corrected chi connectivity index (χ3v) is 3.08. The summed E-state index contributed by atoms with van der Waals surface area (Å²) in [5.74, 6) is -0.438. The average molecular weight is 291 g/mol. The molecular formula is C14H21N5O2. The lowest BCUT2D eigenvalue weighted by molar-refractivity contribution is 0.00619. The highest BCUT2D eigenvalue weighted by atomic mass is 16.6. The number of rotatable bonds is 4. The quantitative estimate of drug-likeness (QED) is 0.798. The Balaban J connectivity index is 2.07. The molecule has 0 saturated heterocycles. The number of hydrogen-bond acceptors (Lipinski definition) is 5. The number of aromatic nitrogens is 5. The monoisotopic (exact) mass is 291 g/mol. The summed E-state index contributed by atoms with van der Waals surface area (Å²) in [6, 6.07) is 1.96. The Bertz CT molecular complexity index is 636. The molecule has 2 aromatic rings. The molecule has 0 fully saturated rings. The zero-order valence-corrected chi connectivity index (χ0v) is 13.1. The maximum absolute atomic E-state index is 12.0. The molecule has 0 aromatic carbocycles. The lowest BCUT2D eigenvalue weighted by atomic mass is 10.2. The van der Waals surface area contributed by atoms with E-state index in [0.29, 0.717) is 12.2 Å². The summed E-state index contributed by atoms with van der Waals surface area (Å²) in [7, 11) is 1.90. The van der Waals surface area contributed by atoms with Gasteiger partial charge in [0.2, 0.25) is 0 Å². The predicted octanol–water partition coefficient (Wildman–Crippen LogP) is 1.52. The van der Waals surface area contributed by atoms with Gasteiger partial charge in [0.15, 0.2) is 5.69 Å². The van der Waals surface area contributed by atoms with Gasteiger partial charge >= 0.3 is 5.97 Å². The maximum Gasteiger partial charge on any atom is 0.361 e. The van der Waals surface area contributed by atoms with Crippen molar-refractivity contribution in [2.24, 2.45) is 7.05 Å². The van der Waals surface area contributed by atoms with Crippen molar-refractivity contribution >= 4 is 5.97 Å². The Morgan fingerprint density at radius 3 is 2.67 bits per heavy atom. The van der Waals surface area contributed by atoms with E-state index in [0.717, 1.165) is 12.1 Å². The van der Waals surface area contributed by atoms with Crippen LogP contribution >= 0.6 is 0 Å². The summed E-state index contributed by atoms with van der Waals surface area (Å²) in [5, 5.41) is 12.1. The van der Waals surface area contributed by atoms with Crippen molar-refractivity contribution < 1.29 is 9.53 Å². The summed E-state index contributed by atoms with van der Waals surface area (Å²) >= 11 is 0. The van der Waals surface area contributed by atoms with Gasteiger partial charge in [-0.1, -0.05) is 5.21 Å². The SMILES string of the molecule is Cc1c(C(=O)OC(C)(C)C)nnn1CCc1ccnn1C. The van der Waals surface area contributed by atoms with Crippen LogP contribution in [-0.2, 0) is 24.8 Å². The lowest BCUT2D eigenvalue weighted by Gasteiger charge is -2.18. The summed E-state index contributed by atoms with van der Waals surface area (Å²) in [6.45, 7) is 7.94. The lowest BCUT2D eigenvalue weighted by Crippen LogP contribution is -2.24. The molecule has 0 aliphatic carbocycles. The fourth-order valence-corrected chi connectivity index (χ4v) is 1.95. The minimum Gasteiger partial charge on any atom is -0.455 e. The van der Waals surface area contributed by atoms with Crippen LogP contribution in [-0.4, -0.2) is 36.3 Å². The summed E-state index contributed by atoms with van der Waals surface area (Å²) in [5.41, 5.74) is 1.55. The maximum atomic E-state index is 12.0. The van der Waals surface area contributed by atoms with Crippen molar-refractivity contribution in [2.45, 2.75) is 46.3 Å². The molecule has 0 atom stereocenters. The molecule has 0 aliphatic rings. The highest BCUT2D eigenvalue weighted by Crippen LogP contribution is 2.13. The van der Waals surface area contributed by atoms with E-state index < -0.39 is 11.6 Å². The first-order chi connectivity index (χ1) is 9.78. The second kappa shape index (κ2) is 5.67. The van der Waals surface area contributed by atoms with E-state index in [1.165, 1.54) is 0 Å². The molecule has 0 unspecified atom stereocenters. The normalized spacial score (nSPS) is 11.7. The number of nitrogens with zero attached hydrogens (tertiary/aromatic N) is 5. The molecule has 0 N–H and O–H groups in total. The molecule has 2 aromatic heterocycles. The van der Waals surface area contributed by atoms with Gasteiger partial charge in [0.1, 0.15) is 5.60 Å². The Hall–Kier alpha value is -2.18. The van der Waals surface area contributed by atoms with Crippen LogP contribution in [0, 0.1) is 6.92 Å². The Labute approximate surface area is 123 Å². The number of aryl methyl sites for hydroxylation is 3. The van der Waals surface area contributed by atoms with Gasteiger partial charge in [-0.2, -0.15) is 5.10 Å². The Kier molecular flexibility index (Phi) is 4.11. The Morgan fingerprint density at radius 2 is 2.10 bits per heavy atom. The Morgan fingerprint density at radius 1 is 1.38 bits per heavy atom. The van der Waals surface area contributed by atoms with Crippen molar-refractivity contribution in [2.75, 3.05) is 0 Å². The third kappa shape index (κ3) is 3.68. The highest BCUT2D eigenvalue weighted by Gasteiger charge is 2.23. The largest absolute Gasteiger partial charge is 0.455 e. The van der Waals surface area contributed by atoms with Crippen molar-refractivity contribution in [3.05, 3.63) is 29.3 Å². The van der Waals surface area contributed by atoms with Gasteiger partial charge in [-0.3, -0.25) is 4.68 Å². The first kappa shape index (κ1) is 15.2. The number of carbonyl (C=O) groups excluding carboxylic acids is 1. The van der Waals surface area contributed by atoms with E-state index >= 15 is 0 Å². The van der Waals surface area contributed by atoms with E-state index in [1.54, 1.807) is 10.9 Å². The van der Waals surface area contributed by atoms with Crippen LogP contribution in [0.3, 0.4) is 0 Å². The van der Waals surface area contributed by atoms with Gasteiger partial charge in [-0.15, -0.1) is 5.10 Å². The van der Waals surface area contributed by atoms with Crippen molar-refractivity contribution in [3.63, 3.8) is 0 Å². The van der Waals surface area contributed by atoms with Gasteiger partial charge in [0, 0.05) is 31.9 Å². The molecule has 0 amide bonds. The number of carbonyl (C=O) groups is 1. The molecular weight excluding hydrogens is 270 g/mol. The van der Waals surface area contributed by atoms with Crippen LogP contribution in [0.1, 0.15) is 42.6 Å². The first-order valence-corrected chi connectivity index (χ1v) is 6.88. The van der Waals surface area contributed by atoms with Crippen LogP contribution in [0.5, 0.6) is 0 Å². The third-order valence-electron chi connectivity index (χ3n) is 3.08. The second-order valence-electron chi connectivity index (χ2n) is 5.94. The standard InChI is InChI=1S/C14H21N5O2/c1-10-12(13(20)21-14(2,3)4)16-17-19(10)9-7-11-6-8-15-18(11)5/h6,8H,7,9H2,1-5H3. The number of esters is 1. The van der Waals surface area contributed by atoms with E-state index in [9.17, 15) is 4.79 Å². The molecule has 7 heteroatoms. The molecule has 0 aliphatic heterocycles. The first-order valence-electron chi connectivity index (χ1n) is 6.88. The van der Waals surface area contributed by atoms with Crippen LogP contribution in [0.2, 0.25) is 0 Å². The highest BCUT2D eigenvalue weighted by molar-refractivity contribution is 5.88. The fourth-order valence-electron chi connectivity index (χ4n) is 1.95. The van der Waals surface area contributed by atoms with Gasteiger partial charge in [0.05, 0.1) is 5.69 Å². The molecule has 7 nitrogen and oxygen atoms in total. The van der Waals surface area contributed by atoms with E-state index in [-0.39, 0.29) is 5.69 Å². The van der Waals surface area contributed by atoms with Crippen molar-refractivity contribution in [1.82, 2.24) is 24.8 Å². The molecule has 0 bridgehead atoms. The minimum atomic E-state index is -0.540. The van der Waals surface area contributed by atoms with Crippen LogP contribution < -0.4 is 0 Å². The van der Waals surface area contributed by atoms with Gasteiger partial charge < -0.3 is 4.74 Å². The molecule has 0 saturated carbocycles. The van der Waals surface area contributed by atoms with E-state index in [4.69, 9.17) is 4.74 Å². The summed E-state index contributed by atoms with van der Waals surface area (Å²) < 4.78 is 8.85. The van der Waals surface area contributed by atoms with Gasteiger partial charge in [-0.05, 0) is 33.8 Å². The zero-order chi connectivity index (χ0) is 15.6. The van der Waals surface area contributed by atoms with Crippen LogP contribution in [0.4, 0.5) is 0 Å². The zero-order valence-electron chi connectivity index (χ0n) is 13.1. The number of ether oxygens (including phenoxy) is 1. The molecule has 0 spiro atoms. The van der Waals surface area contributed by atoms with Gasteiger partial charge in [-0.25, -0.2) is 9.48 Å². The average Bonchev–Trinajstić information content (AvgIpc) is 2.91. The fraction of sp³-hybridized carbons (Fsp3) is 0.571. The van der Waals surface area contributed by atoms with Crippen molar-refractivity contribution in [1.29, 1.82) is 0 Å². The topological polar surface area (TPSA) is 74.8 Å². The van der Waals surface area contributed by atoms with Gasteiger partial charge in [0.25, 0.3) is 0 Å². The minimum absolute atomic E-state index is 0.273. The smallest absolute Gasteiger partial charge is 0.361 e. The molecule has 114 valence electrons. The molecule has 2 rings (SSSR count). The van der Waals surface area contributed by atoms with Crippen molar-refractivity contribution in [3.8, 4) is 0 Å². The van der Waals surface area contributed by atoms with Crippen LogP contribution in [0.15, 0.2) is 12.3 Å². The molecule has 21 heavy (non-hydrogen) atoms. The summed E-state index contributed by atoms with van der Waals surface area (Å²) in [4.78, 5) is 12.0. The molecule has 0 radical (unpaired) electrons. The van der Waals surface area contributed by atoms with Crippen LogP contribution in [0.25, 0.3) is 0 Å². The predicted molar refractivity (Wildman–Crippen MR) is 76.8 cm³/mol. The van der Waals surface area contributed by atoms with E-state index in [1.807, 2.05) is 45.5 Å². The number of hydrogen-bond donors (Lipinski definition) is 0. The molecule has 2 heterocycles. The summed E-state index contributed by atoms with van der Waals surface area (Å²) in [6.07, 6.45) is 2.53. The van der Waals surface area contributed by atoms with E-state index in [2.05, 4.69) is 15.4 Å².